The van der Waals surface area contributed by atoms with Crippen molar-refractivity contribution in [2.24, 2.45) is 0 Å². The molecule has 1 saturated heterocycles. The van der Waals surface area contributed by atoms with Crippen LogP contribution in [-0.2, 0) is 9.53 Å². The van der Waals surface area contributed by atoms with Gasteiger partial charge >= 0.3 is 0 Å². The zero-order valence-corrected chi connectivity index (χ0v) is 9.96. The Kier molecular flexibility index (Phi) is 3.26. The van der Waals surface area contributed by atoms with Crippen LogP contribution in [0.4, 0.5) is 0 Å². The number of methoxy groups -OCH3 is 1. The number of carbonyl (C=O) groups is 1. The molecule has 0 spiro atoms. The third-order valence-corrected chi connectivity index (χ3v) is 6.84. The van der Waals surface area contributed by atoms with Gasteiger partial charge in [-0.3, -0.25) is 0 Å². The first-order valence-corrected chi connectivity index (χ1v) is 7.72. The highest BCUT2D eigenvalue weighted by atomic mass is 28.3. The first-order chi connectivity index (χ1) is 5.98. The second-order valence-corrected chi connectivity index (χ2v) is 8.66. The van der Waals surface area contributed by atoms with Crippen LogP contribution in [0.2, 0.25) is 13.1 Å². The van der Waals surface area contributed by atoms with Gasteiger partial charge in [0.2, 0.25) is 0 Å². The van der Waals surface area contributed by atoms with E-state index < -0.39 is 8.24 Å². The van der Waals surface area contributed by atoms with Crippen molar-refractivity contribution in [1.82, 2.24) is 4.57 Å². The second kappa shape index (κ2) is 3.90. The number of ether oxygens (including phenoxy) is 1. The van der Waals surface area contributed by atoms with Crippen LogP contribution in [0, 0.1) is 0 Å². The summed E-state index contributed by atoms with van der Waals surface area (Å²) in [5.41, 5.74) is 0. The Morgan fingerprint density at radius 2 is 2.15 bits per heavy atom. The summed E-state index contributed by atoms with van der Waals surface area (Å²) >= 11 is 0. The fraction of sp³-hybridized carbons (Fsp3) is 0.889. The van der Waals surface area contributed by atoms with E-state index >= 15 is 0 Å². The van der Waals surface area contributed by atoms with E-state index in [1.807, 2.05) is 0 Å². The lowest BCUT2D eigenvalue weighted by Gasteiger charge is -2.30. The molecular formula is C9H19NO2Si. The van der Waals surface area contributed by atoms with Gasteiger partial charge in [-0.25, -0.2) is 0 Å². The SMILES string of the molecule is COC1CCN([Si](C)(C)C(C)=O)C1. The first-order valence-electron chi connectivity index (χ1n) is 4.77. The molecule has 76 valence electrons. The molecule has 3 nitrogen and oxygen atoms in total. The highest BCUT2D eigenvalue weighted by molar-refractivity contribution is 7.02. The molecule has 0 N–H and O–H groups in total. The molecule has 0 radical (unpaired) electrons. The third-order valence-electron chi connectivity index (χ3n) is 3.13. The van der Waals surface area contributed by atoms with Crippen molar-refractivity contribution in [3.05, 3.63) is 0 Å². The van der Waals surface area contributed by atoms with Crippen LogP contribution >= 0.6 is 0 Å². The molecule has 0 aromatic rings. The minimum atomic E-state index is -1.79. The molecule has 13 heavy (non-hydrogen) atoms. The molecule has 1 aliphatic heterocycles. The molecule has 1 atom stereocenters. The van der Waals surface area contributed by atoms with Crippen molar-refractivity contribution in [3.8, 4) is 0 Å². The number of nitrogens with zero attached hydrogens (tertiary/aromatic N) is 1. The minimum Gasteiger partial charge on any atom is -0.380 e. The van der Waals surface area contributed by atoms with Crippen molar-refractivity contribution >= 4 is 13.6 Å². The molecule has 0 amide bonds. The molecule has 0 aromatic heterocycles. The van der Waals surface area contributed by atoms with Gasteiger partial charge in [0.25, 0.3) is 0 Å². The van der Waals surface area contributed by atoms with E-state index in [0.29, 0.717) is 11.5 Å². The molecule has 1 fully saturated rings. The summed E-state index contributed by atoms with van der Waals surface area (Å²) in [6, 6.07) is 0. The molecule has 1 heterocycles. The van der Waals surface area contributed by atoms with Crippen molar-refractivity contribution in [1.29, 1.82) is 0 Å². The normalized spacial score (nSPS) is 25.1. The molecule has 0 aliphatic carbocycles. The maximum atomic E-state index is 11.4. The molecule has 1 rings (SSSR count). The lowest BCUT2D eigenvalue weighted by molar-refractivity contribution is -0.111. The van der Waals surface area contributed by atoms with E-state index in [1.54, 1.807) is 14.0 Å². The summed E-state index contributed by atoms with van der Waals surface area (Å²) < 4.78 is 7.62. The average molecular weight is 201 g/mol. The second-order valence-electron chi connectivity index (χ2n) is 4.21. The Morgan fingerprint density at radius 1 is 1.54 bits per heavy atom. The van der Waals surface area contributed by atoms with Crippen LogP contribution in [0.5, 0.6) is 0 Å². The van der Waals surface area contributed by atoms with Gasteiger partial charge in [-0.05, 0) is 33.0 Å². The Morgan fingerprint density at radius 3 is 2.54 bits per heavy atom. The lowest BCUT2D eigenvalue weighted by Crippen LogP contribution is -2.53. The molecule has 1 unspecified atom stereocenters. The average Bonchev–Trinajstić information content (AvgIpc) is 2.51. The number of carbonyl (C=O) groups excluding carboxylic acids is 1. The molecule has 0 saturated carbocycles. The van der Waals surface area contributed by atoms with E-state index in [0.717, 1.165) is 19.5 Å². The highest BCUT2D eigenvalue weighted by Gasteiger charge is 2.39. The van der Waals surface area contributed by atoms with Gasteiger partial charge in [0, 0.05) is 13.7 Å². The van der Waals surface area contributed by atoms with Crippen LogP contribution in [0.1, 0.15) is 13.3 Å². The Labute approximate surface area is 81.1 Å². The van der Waals surface area contributed by atoms with Gasteiger partial charge in [-0.1, -0.05) is 0 Å². The molecule has 0 aromatic carbocycles. The summed E-state index contributed by atoms with van der Waals surface area (Å²) in [5.74, 6) is 0. The zero-order valence-electron chi connectivity index (χ0n) is 8.96. The van der Waals surface area contributed by atoms with E-state index in [2.05, 4.69) is 17.7 Å². The van der Waals surface area contributed by atoms with Crippen LogP contribution in [0.3, 0.4) is 0 Å². The zero-order chi connectivity index (χ0) is 10.1. The molecule has 0 bridgehead atoms. The van der Waals surface area contributed by atoms with E-state index in [-0.39, 0.29) is 0 Å². The lowest BCUT2D eigenvalue weighted by atomic mass is 10.3. The third kappa shape index (κ3) is 2.18. The van der Waals surface area contributed by atoms with Crippen LogP contribution < -0.4 is 0 Å². The summed E-state index contributed by atoms with van der Waals surface area (Å²) in [4.78, 5) is 11.4. The van der Waals surface area contributed by atoms with Gasteiger partial charge in [-0.2, -0.15) is 0 Å². The number of hydrogen-bond donors (Lipinski definition) is 0. The van der Waals surface area contributed by atoms with Crippen molar-refractivity contribution in [2.75, 3.05) is 20.2 Å². The predicted octanol–water partition coefficient (Wildman–Crippen LogP) is 1.04. The number of hydrogen-bond acceptors (Lipinski definition) is 3. The summed E-state index contributed by atoms with van der Waals surface area (Å²) in [7, 11) is -0.0447. The monoisotopic (exact) mass is 201 g/mol. The summed E-state index contributed by atoms with van der Waals surface area (Å²) in [6.45, 7) is 7.92. The predicted molar refractivity (Wildman–Crippen MR) is 55.2 cm³/mol. The first kappa shape index (κ1) is 10.9. The Balaban J connectivity index is 2.59. The van der Waals surface area contributed by atoms with Gasteiger partial charge in [0.15, 0.2) is 8.24 Å². The summed E-state index contributed by atoms with van der Waals surface area (Å²) in [5, 5.41) is 0.365. The maximum absolute atomic E-state index is 11.4. The quantitative estimate of drug-likeness (QED) is 0.639. The van der Waals surface area contributed by atoms with E-state index in [9.17, 15) is 4.79 Å². The van der Waals surface area contributed by atoms with Crippen LogP contribution in [-0.4, -0.2) is 44.5 Å². The van der Waals surface area contributed by atoms with Gasteiger partial charge in [-0.15, -0.1) is 0 Å². The van der Waals surface area contributed by atoms with Crippen molar-refractivity contribution < 1.29 is 9.53 Å². The smallest absolute Gasteiger partial charge is 0.198 e. The molecule has 1 aliphatic rings. The van der Waals surface area contributed by atoms with E-state index in [1.165, 1.54) is 0 Å². The van der Waals surface area contributed by atoms with Crippen molar-refractivity contribution in [2.45, 2.75) is 32.5 Å². The Bertz CT molecular complexity index is 206. The van der Waals surface area contributed by atoms with Crippen molar-refractivity contribution in [3.63, 3.8) is 0 Å². The topological polar surface area (TPSA) is 29.5 Å². The Hall–Kier alpha value is -0.193. The largest absolute Gasteiger partial charge is 0.380 e. The fourth-order valence-electron chi connectivity index (χ4n) is 1.65. The highest BCUT2D eigenvalue weighted by Crippen LogP contribution is 2.20. The molecule has 4 heteroatoms. The summed E-state index contributed by atoms with van der Waals surface area (Å²) in [6.07, 6.45) is 1.41. The maximum Gasteiger partial charge on any atom is 0.198 e. The fourth-order valence-corrected chi connectivity index (χ4v) is 3.44. The molecular weight excluding hydrogens is 182 g/mol. The van der Waals surface area contributed by atoms with Gasteiger partial charge in [0.1, 0.15) is 5.41 Å². The van der Waals surface area contributed by atoms with Crippen LogP contribution in [0.25, 0.3) is 0 Å². The minimum absolute atomic E-state index is 0.339. The van der Waals surface area contributed by atoms with Gasteiger partial charge in [0.05, 0.1) is 6.10 Å². The van der Waals surface area contributed by atoms with Crippen LogP contribution in [0.15, 0.2) is 0 Å². The van der Waals surface area contributed by atoms with E-state index in [4.69, 9.17) is 4.74 Å². The van der Waals surface area contributed by atoms with Gasteiger partial charge < -0.3 is 14.1 Å². The standard InChI is InChI=1S/C9H19NO2Si/c1-8(11)13(3,4)10-6-5-9(7-10)12-2/h9H,5-7H2,1-4H3. The number of rotatable bonds is 3.